The third-order valence-electron chi connectivity index (χ3n) is 3.22. The molecule has 0 aliphatic heterocycles. The zero-order chi connectivity index (χ0) is 12.5. The Bertz CT molecular complexity index is 491. The number of benzene rings is 1. The number of methoxy groups -OCH3 is 1. The van der Waals surface area contributed by atoms with E-state index in [1.54, 1.807) is 18.2 Å². The first-order chi connectivity index (χ1) is 8.14. The summed E-state index contributed by atoms with van der Waals surface area (Å²) in [5.41, 5.74) is -0.259. The number of aliphatic imine (C=N–C) groups is 1. The Morgan fingerprint density at radius 1 is 1.53 bits per heavy atom. The van der Waals surface area contributed by atoms with E-state index in [2.05, 4.69) is 4.99 Å². The maximum absolute atomic E-state index is 10.5. The van der Waals surface area contributed by atoms with Crippen LogP contribution in [0.1, 0.15) is 24.8 Å². The van der Waals surface area contributed by atoms with E-state index in [1.807, 2.05) is 0 Å². The lowest BCUT2D eigenvalue weighted by atomic mass is 9.72. The molecule has 0 radical (unpaired) electrons. The average Bonchev–Trinajstić information content (AvgIpc) is 2.26. The summed E-state index contributed by atoms with van der Waals surface area (Å²) in [7, 11) is 1.46. The van der Waals surface area contributed by atoms with Gasteiger partial charge in [-0.3, -0.25) is 0 Å². The van der Waals surface area contributed by atoms with Crippen molar-refractivity contribution in [3.05, 3.63) is 22.7 Å². The van der Waals surface area contributed by atoms with Crippen LogP contribution in [-0.2, 0) is 10.3 Å². The number of phenolic OH excluding ortho intramolecular Hbond substituents is 1. The smallest absolute Gasteiger partial charge is 0.235 e. The Balaban J connectivity index is 2.61. The van der Waals surface area contributed by atoms with Gasteiger partial charge in [-0.15, -0.1) is 0 Å². The number of carbonyl (C=O) groups excluding carboxylic acids is 1. The summed E-state index contributed by atoms with van der Waals surface area (Å²) in [5.74, 6) is 0.287. The molecule has 5 heteroatoms. The largest absolute Gasteiger partial charge is 0.504 e. The van der Waals surface area contributed by atoms with Crippen molar-refractivity contribution in [3.63, 3.8) is 0 Å². The molecule has 0 bridgehead atoms. The van der Waals surface area contributed by atoms with E-state index < -0.39 is 5.54 Å². The molecule has 0 atom stereocenters. The maximum atomic E-state index is 10.5. The Hall–Kier alpha value is -1.51. The van der Waals surface area contributed by atoms with Crippen molar-refractivity contribution in [3.8, 4) is 11.5 Å². The second kappa shape index (κ2) is 4.40. The van der Waals surface area contributed by atoms with Crippen LogP contribution in [0.25, 0.3) is 0 Å². The van der Waals surface area contributed by atoms with E-state index >= 15 is 0 Å². The molecule has 1 N–H and O–H groups in total. The van der Waals surface area contributed by atoms with Gasteiger partial charge >= 0.3 is 0 Å². The molecule has 1 aliphatic rings. The van der Waals surface area contributed by atoms with E-state index in [4.69, 9.17) is 16.3 Å². The Kier molecular flexibility index (Phi) is 3.09. The summed E-state index contributed by atoms with van der Waals surface area (Å²) >= 11 is 6.09. The first-order valence-electron chi connectivity index (χ1n) is 5.29. The number of phenols is 1. The molecule has 17 heavy (non-hydrogen) atoms. The maximum Gasteiger partial charge on any atom is 0.235 e. The summed E-state index contributed by atoms with van der Waals surface area (Å²) < 4.78 is 5.03. The van der Waals surface area contributed by atoms with Crippen LogP contribution in [-0.4, -0.2) is 18.3 Å². The molecule has 0 amide bonds. The Morgan fingerprint density at radius 3 is 2.71 bits per heavy atom. The Labute approximate surface area is 104 Å². The predicted molar refractivity (Wildman–Crippen MR) is 63.3 cm³/mol. The number of halogens is 1. The van der Waals surface area contributed by atoms with Crippen LogP contribution < -0.4 is 4.74 Å². The van der Waals surface area contributed by atoms with Gasteiger partial charge in [-0.05, 0) is 31.4 Å². The predicted octanol–water partition coefficient (Wildman–Crippen LogP) is 2.77. The van der Waals surface area contributed by atoms with E-state index in [-0.39, 0.29) is 5.75 Å². The van der Waals surface area contributed by atoms with E-state index in [1.165, 1.54) is 7.11 Å². The number of isocyanates is 1. The molecule has 4 nitrogen and oxygen atoms in total. The zero-order valence-electron chi connectivity index (χ0n) is 9.36. The van der Waals surface area contributed by atoms with Crippen LogP contribution in [0.15, 0.2) is 17.1 Å². The number of rotatable bonds is 3. The van der Waals surface area contributed by atoms with Gasteiger partial charge in [0.05, 0.1) is 12.1 Å². The number of nitrogens with zero attached hydrogens (tertiary/aromatic N) is 1. The lowest BCUT2D eigenvalue weighted by Crippen LogP contribution is -2.32. The molecule has 0 aromatic heterocycles. The van der Waals surface area contributed by atoms with Crippen molar-refractivity contribution in [2.24, 2.45) is 4.99 Å². The minimum atomic E-state index is -0.725. The fourth-order valence-corrected chi connectivity index (χ4v) is 2.50. The molecule has 1 aromatic carbocycles. The number of hydrogen-bond donors (Lipinski definition) is 1. The van der Waals surface area contributed by atoms with Crippen molar-refractivity contribution in [2.75, 3.05) is 7.11 Å². The Morgan fingerprint density at radius 2 is 2.24 bits per heavy atom. The third-order valence-corrected chi connectivity index (χ3v) is 3.53. The van der Waals surface area contributed by atoms with Crippen LogP contribution in [0.2, 0.25) is 5.02 Å². The van der Waals surface area contributed by atoms with Crippen LogP contribution in [0.5, 0.6) is 11.5 Å². The highest BCUT2D eigenvalue weighted by molar-refractivity contribution is 6.31. The summed E-state index contributed by atoms with van der Waals surface area (Å²) in [4.78, 5) is 14.3. The van der Waals surface area contributed by atoms with Gasteiger partial charge in [0.15, 0.2) is 11.5 Å². The van der Waals surface area contributed by atoms with Gasteiger partial charge in [0.2, 0.25) is 6.08 Å². The quantitative estimate of drug-likeness (QED) is 0.666. The first-order valence-corrected chi connectivity index (χ1v) is 5.67. The van der Waals surface area contributed by atoms with Crippen LogP contribution in [0, 0.1) is 0 Å². The highest BCUT2D eigenvalue weighted by atomic mass is 35.5. The summed E-state index contributed by atoms with van der Waals surface area (Å²) in [6.07, 6.45) is 3.87. The van der Waals surface area contributed by atoms with Gasteiger partial charge in [-0.2, -0.15) is 4.99 Å². The number of hydrogen-bond acceptors (Lipinski definition) is 4. The van der Waals surface area contributed by atoms with E-state index in [9.17, 15) is 9.90 Å². The monoisotopic (exact) mass is 253 g/mol. The first kappa shape index (κ1) is 12.0. The normalized spacial score (nSPS) is 16.8. The average molecular weight is 254 g/mol. The third kappa shape index (κ3) is 1.79. The minimum Gasteiger partial charge on any atom is -0.504 e. The molecule has 1 aliphatic carbocycles. The van der Waals surface area contributed by atoms with Gasteiger partial charge in [0.25, 0.3) is 0 Å². The molecular formula is C12H12ClNO3. The molecular weight excluding hydrogens is 242 g/mol. The summed E-state index contributed by atoms with van der Waals surface area (Å²) in [6.45, 7) is 0. The molecule has 1 aromatic rings. The fraction of sp³-hybridized carbons (Fsp3) is 0.417. The minimum absolute atomic E-state index is 0.0429. The lowest BCUT2D eigenvalue weighted by Gasteiger charge is -2.38. The SMILES string of the molecule is COc1ccc(Cl)c(C2(N=C=O)CCC2)c1O. The van der Waals surface area contributed by atoms with Gasteiger partial charge in [0, 0.05) is 5.56 Å². The number of aromatic hydroxyl groups is 1. The molecule has 2 rings (SSSR count). The van der Waals surface area contributed by atoms with Crippen molar-refractivity contribution in [1.29, 1.82) is 0 Å². The molecule has 1 fully saturated rings. The summed E-state index contributed by atoms with van der Waals surface area (Å²) in [6, 6.07) is 3.22. The molecule has 90 valence electrons. The van der Waals surface area contributed by atoms with Crippen molar-refractivity contribution in [1.82, 2.24) is 0 Å². The van der Waals surface area contributed by atoms with Gasteiger partial charge in [0.1, 0.15) is 5.54 Å². The lowest BCUT2D eigenvalue weighted by molar-refractivity contribution is 0.245. The molecule has 0 unspecified atom stereocenters. The fourth-order valence-electron chi connectivity index (χ4n) is 2.17. The second-order valence-electron chi connectivity index (χ2n) is 4.06. The highest BCUT2D eigenvalue weighted by Gasteiger charge is 2.43. The van der Waals surface area contributed by atoms with Gasteiger partial charge in [-0.25, -0.2) is 4.79 Å². The van der Waals surface area contributed by atoms with E-state index in [0.717, 1.165) is 6.42 Å². The molecule has 0 saturated heterocycles. The molecule has 0 heterocycles. The van der Waals surface area contributed by atoms with Crippen LogP contribution in [0.3, 0.4) is 0 Å². The second-order valence-corrected chi connectivity index (χ2v) is 4.47. The van der Waals surface area contributed by atoms with Crippen molar-refractivity contribution >= 4 is 17.7 Å². The topological polar surface area (TPSA) is 58.9 Å². The van der Waals surface area contributed by atoms with E-state index in [0.29, 0.717) is 29.2 Å². The molecule has 1 saturated carbocycles. The van der Waals surface area contributed by atoms with Crippen molar-refractivity contribution in [2.45, 2.75) is 24.8 Å². The zero-order valence-corrected chi connectivity index (χ0v) is 10.1. The van der Waals surface area contributed by atoms with Crippen LogP contribution >= 0.6 is 11.6 Å². The number of ether oxygens (including phenoxy) is 1. The van der Waals surface area contributed by atoms with Gasteiger partial charge < -0.3 is 9.84 Å². The molecule has 0 spiro atoms. The van der Waals surface area contributed by atoms with Gasteiger partial charge in [-0.1, -0.05) is 11.6 Å². The van der Waals surface area contributed by atoms with Crippen LogP contribution in [0.4, 0.5) is 0 Å². The highest BCUT2D eigenvalue weighted by Crippen LogP contribution is 2.52. The van der Waals surface area contributed by atoms with Crippen molar-refractivity contribution < 1.29 is 14.6 Å². The standard InChI is InChI=1S/C12H12ClNO3/c1-17-9-4-3-8(13)10(11(9)16)12(14-7-15)5-2-6-12/h3-4,16H,2,5-6H2,1H3. The summed E-state index contributed by atoms with van der Waals surface area (Å²) in [5, 5.41) is 10.5.